The quantitative estimate of drug-likeness (QED) is 0.553. The second-order valence-corrected chi connectivity index (χ2v) is 8.05. The SMILES string of the molecule is Cc1ccccc1CCNC(=O)CSc1nnc(-c2ccco2)n1CC(C)C. The van der Waals surface area contributed by atoms with Gasteiger partial charge in [0.15, 0.2) is 16.7 Å². The zero-order valence-electron chi connectivity index (χ0n) is 16.5. The molecule has 0 fully saturated rings. The summed E-state index contributed by atoms with van der Waals surface area (Å²) in [5.74, 6) is 2.11. The normalized spacial score (nSPS) is 11.1. The first kappa shape index (κ1) is 20.2. The second-order valence-electron chi connectivity index (χ2n) is 7.10. The minimum absolute atomic E-state index is 0.00257. The molecule has 0 aliphatic rings. The van der Waals surface area contributed by atoms with Gasteiger partial charge >= 0.3 is 0 Å². The van der Waals surface area contributed by atoms with E-state index in [9.17, 15) is 4.79 Å². The predicted molar refractivity (Wildman–Crippen MR) is 111 cm³/mol. The van der Waals surface area contributed by atoms with Gasteiger partial charge in [0.05, 0.1) is 12.0 Å². The molecule has 28 heavy (non-hydrogen) atoms. The van der Waals surface area contributed by atoms with Crippen LogP contribution in [0.15, 0.2) is 52.2 Å². The number of aromatic nitrogens is 3. The van der Waals surface area contributed by atoms with Crippen molar-refractivity contribution in [3.05, 3.63) is 53.8 Å². The largest absolute Gasteiger partial charge is 0.461 e. The van der Waals surface area contributed by atoms with Crippen LogP contribution in [0.5, 0.6) is 0 Å². The third-order valence-electron chi connectivity index (χ3n) is 4.32. The second kappa shape index (κ2) is 9.59. The van der Waals surface area contributed by atoms with Crippen molar-refractivity contribution >= 4 is 17.7 Å². The number of rotatable bonds is 9. The fraction of sp³-hybridized carbons (Fsp3) is 0.381. The maximum atomic E-state index is 12.3. The van der Waals surface area contributed by atoms with Crippen molar-refractivity contribution in [2.45, 2.75) is 38.9 Å². The van der Waals surface area contributed by atoms with Gasteiger partial charge in [-0.1, -0.05) is 49.9 Å². The van der Waals surface area contributed by atoms with Crippen LogP contribution in [0.3, 0.4) is 0 Å². The highest BCUT2D eigenvalue weighted by Gasteiger charge is 2.18. The molecule has 148 valence electrons. The van der Waals surface area contributed by atoms with E-state index in [1.165, 1.54) is 22.9 Å². The number of furan rings is 1. The lowest BCUT2D eigenvalue weighted by molar-refractivity contribution is -0.118. The Hall–Kier alpha value is -2.54. The lowest BCUT2D eigenvalue weighted by Gasteiger charge is -2.11. The van der Waals surface area contributed by atoms with Gasteiger partial charge in [-0.25, -0.2) is 0 Å². The summed E-state index contributed by atoms with van der Waals surface area (Å²) in [6.45, 7) is 7.75. The van der Waals surface area contributed by atoms with Crippen molar-refractivity contribution in [2.75, 3.05) is 12.3 Å². The van der Waals surface area contributed by atoms with E-state index in [-0.39, 0.29) is 5.91 Å². The molecule has 3 rings (SSSR count). The van der Waals surface area contributed by atoms with Crippen molar-refractivity contribution in [2.24, 2.45) is 5.92 Å². The van der Waals surface area contributed by atoms with Gasteiger partial charge in [-0.3, -0.25) is 9.36 Å². The van der Waals surface area contributed by atoms with E-state index >= 15 is 0 Å². The molecule has 0 aliphatic carbocycles. The molecule has 0 aliphatic heterocycles. The van der Waals surface area contributed by atoms with Crippen molar-refractivity contribution in [3.63, 3.8) is 0 Å². The van der Waals surface area contributed by atoms with Gasteiger partial charge in [-0.15, -0.1) is 10.2 Å². The van der Waals surface area contributed by atoms with Gasteiger partial charge in [-0.05, 0) is 42.5 Å². The van der Waals surface area contributed by atoms with Crippen molar-refractivity contribution in [1.29, 1.82) is 0 Å². The van der Waals surface area contributed by atoms with Crippen molar-refractivity contribution in [3.8, 4) is 11.6 Å². The third kappa shape index (κ3) is 5.25. The first-order valence-electron chi connectivity index (χ1n) is 9.45. The molecule has 6 nitrogen and oxygen atoms in total. The van der Waals surface area contributed by atoms with Gasteiger partial charge in [0.1, 0.15) is 0 Å². The zero-order chi connectivity index (χ0) is 19.9. The highest BCUT2D eigenvalue weighted by molar-refractivity contribution is 7.99. The average molecular weight is 399 g/mol. The summed E-state index contributed by atoms with van der Waals surface area (Å²) in [5.41, 5.74) is 2.51. The fourth-order valence-corrected chi connectivity index (χ4v) is 3.70. The van der Waals surface area contributed by atoms with Crippen molar-refractivity contribution < 1.29 is 9.21 Å². The van der Waals surface area contributed by atoms with E-state index < -0.39 is 0 Å². The molecule has 1 amide bonds. The van der Waals surface area contributed by atoms with E-state index in [1.54, 1.807) is 6.26 Å². The number of carbonyl (C=O) groups is 1. The number of hydrogen-bond acceptors (Lipinski definition) is 5. The molecule has 0 spiro atoms. The Balaban J connectivity index is 1.56. The van der Waals surface area contributed by atoms with Crippen LogP contribution >= 0.6 is 11.8 Å². The van der Waals surface area contributed by atoms with E-state index in [2.05, 4.69) is 48.4 Å². The van der Waals surface area contributed by atoms with E-state index in [1.807, 2.05) is 28.8 Å². The van der Waals surface area contributed by atoms with Crippen LogP contribution in [-0.2, 0) is 17.8 Å². The number of carbonyl (C=O) groups excluding carboxylic acids is 1. The van der Waals surface area contributed by atoms with Gasteiger partial charge in [0.2, 0.25) is 5.91 Å². The van der Waals surface area contributed by atoms with Gasteiger partial charge in [-0.2, -0.15) is 0 Å². The number of nitrogens with one attached hydrogen (secondary N) is 1. The number of aryl methyl sites for hydroxylation is 1. The monoisotopic (exact) mass is 398 g/mol. The molecule has 2 heterocycles. The number of thioether (sulfide) groups is 1. The Kier molecular flexibility index (Phi) is 6.92. The van der Waals surface area contributed by atoms with E-state index in [0.717, 1.165) is 18.1 Å². The average Bonchev–Trinajstić information content (AvgIpc) is 3.31. The third-order valence-corrected chi connectivity index (χ3v) is 5.28. The molecule has 0 saturated carbocycles. The molecule has 1 aromatic carbocycles. The molecule has 0 saturated heterocycles. The first-order chi connectivity index (χ1) is 13.5. The summed E-state index contributed by atoms with van der Waals surface area (Å²) in [6, 6.07) is 11.9. The number of amides is 1. The molecule has 0 unspecified atom stereocenters. The van der Waals surface area contributed by atoms with Crippen LogP contribution in [-0.4, -0.2) is 33.0 Å². The lowest BCUT2D eigenvalue weighted by Crippen LogP contribution is -2.27. The lowest BCUT2D eigenvalue weighted by atomic mass is 10.1. The highest BCUT2D eigenvalue weighted by Crippen LogP contribution is 2.25. The summed E-state index contributed by atoms with van der Waals surface area (Å²) in [7, 11) is 0. The highest BCUT2D eigenvalue weighted by atomic mass is 32.2. The molecule has 0 bridgehead atoms. The molecule has 7 heteroatoms. The molecule has 0 atom stereocenters. The summed E-state index contributed by atoms with van der Waals surface area (Å²) >= 11 is 1.40. The molecule has 1 N–H and O–H groups in total. The smallest absolute Gasteiger partial charge is 0.230 e. The summed E-state index contributed by atoms with van der Waals surface area (Å²) in [6.07, 6.45) is 2.45. The Morgan fingerprint density at radius 2 is 2.04 bits per heavy atom. The molecular weight excluding hydrogens is 372 g/mol. The number of benzene rings is 1. The number of hydrogen-bond donors (Lipinski definition) is 1. The Labute approximate surface area is 169 Å². The van der Waals surface area contributed by atoms with Gasteiger partial charge in [0.25, 0.3) is 0 Å². The molecular formula is C21H26N4O2S. The zero-order valence-corrected chi connectivity index (χ0v) is 17.3. The maximum absolute atomic E-state index is 12.3. The predicted octanol–water partition coefficient (Wildman–Crippen LogP) is 3.95. The van der Waals surface area contributed by atoms with Crippen LogP contribution in [0, 0.1) is 12.8 Å². The number of nitrogens with zero attached hydrogens (tertiary/aromatic N) is 3. The van der Waals surface area contributed by atoms with Gasteiger partial charge < -0.3 is 9.73 Å². The molecule has 2 aromatic heterocycles. The Morgan fingerprint density at radius 1 is 1.21 bits per heavy atom. The van der Waals surface area contributed by atoms with Crippen LogP contribution < -0.4 is 5.32 Å². The standard InChI is InChI=1S/C21H26N4O2S/c1-15(2)13-25-20(18-9-6-12-27-18)23-24-21(25)28-14-19(26)22-11-10-17-8-5-4-7-16(17)3/h4-9,12,15H,10-11,13-14H2,1-3H3,(H,22,26). The van der Waals surface area contributed by atoms with Crippen LogP contribution in [0.25, 0.3) is 11.6 Å². The van der Waals surface area contributed by atoms with E-state index in [0.29, 0.717) is 29.8 Å². The Morgan fingerprint density at radius 3 is 2.75 bits per heavy atom. The van der Waals surface area contributed by atoms with Crippen LogP contribution in [0.4, 0.5) is 0 Å². The molecule has 3 aromatic rings. The first-order valence-corrected chi connectivity index (χ1v) is 10.4. The van der Waals surface area contributed by atoms with Crippen LogP contribution in [0.2, 0.25) is 0 Å². The summed E-state index contributed by atoms with van der Waals surface area (Å²) in [4.78, 5) is 12.3. The summed E-state index contributed by atoms with van der Waals surface area (Å²) < 4.78 is 7.50. The topological polar surface area (TPSA) is 73.0 Å². The summed E-state index contributed by atoms with van der Waals surface area (Å²) in [5, 5.41) is 12.3. The molecule has 0 radical (unpaired) electrons. The maximum Gasteiger partial charge on any atom is 0.230 e. The Bertz CT molecular complexity index is 903. The van der Waals surface area contributed by atoms with Gasteiger partial charge in [0, 0.05) is 13.1 Å². The van der Waals surface area contributed by atoms with E-state index in [4.69, 9.17) is 4.42 Å². The van der Waals surface area contributed by atoms with Crippen LogP contribution in [0.1, 0.15) is 25.0 Å². The minimum Gasteiger partial charge on any atom is -0.461 e. The fourth-order valence-electron chi connectivity index (χ4n) is 2.92. The van der Waals surface area contributed by atoms with Crippen molar-refractivity contribution in [1.82, 2.24) is 20.1 Å². The minimum atomic E-state index is -0.00257.